The number of likely N-dealkylation sites (N-methyl/N-ethyl adjacent to an activating group) is 1. The summed E-state index contributed by atoms with van der Waals surface area (Å²) in [6.07, 6.45) is 7.73. The fraction of sp³-hybridized carbons (Fsp3) is 0.767. The van der Waals surface area contributed by atoms with Crippen LogP contribution in [-0.4, -0.2) is 132 Å². The highest BCUT2D eigenvalue weighted by atomic mass is 16.5. The molecule has 1 spiro atoms. The minimum absolute atomic E-state index is 0.129. The first-order valence-corrected chi connectivity index (χ1v) is 14.9. The molecular formula is C30H48N4O6. The molecule has 1 N–H and O–H groups in total. The van der Waals surface area contributed by atoms with Crippen molar-refractivity contribution in [1.82, 2.24) is 19.6 Å². The van der Waals surface area contributed by atoms with Crippen molar-refractivity contribution in [2.75, 3.05) is 72.7 Å². The van der Waals surface area contributed by atoms with Crippen LogP contribution in [0, 0.1) is 11.8 Å². The van der Waals surface area contributed by atoms with Gasteiger partial charge in [-0.15, -0.1) is 13.2 Å². The maximum absolute atomic E-state index is 14.5. The number of morpholine rings is 1. The second-order valence-corrected chi connectivity index (χ2v) is 11.9. The predicted octanol–water partition coefficient (Wildman–Crippen LogP) is 1.30. The summed E-state index contributed by atoms with van der Waals surface area (Å²) in [5.74, 6) is -1.75. The minimum atomic E-state index is -1.03. The number of carbonyl (C=O) groups is 3. The zero-order valence-corrected chi connectivity index (χ0v) is 24.4. The Labute approximate surface area is 238 Å². The first-order chi connectivity index (χ1) is 19.2. The quantitative estimate of drug-likeness (QED) is 0.238. The maximum atomic E-state index is 14.5. The third-order valence-corrected chi connectivity index (χ3v) is 9.31. The SMILES string of the molecule is C=CCN(C)C(=O)[C@H]1[C@H]2C(=O)N(CCCCCCO)C(C(=O)N(CC=C)CCN3CCOCC3)C23CC[C@]1(C)O3. The molecule has 0 saturated carbocycles. The Hall–Kier alpha value is -2.27. The average Bonchev–Trinajstić information content (AvgIpc) is 3.51. The third-order valence-electron chi connectivity index (χ3n) is 9.31. The number of hydrogen-bond acceptors (Lipinski definition) is 7. The number of carbonyl (C=O) groups excluding carboxylic acids is 3. The highest BCUT2D eigenvalue weighted by Crippen LogP contribution is 2.63. The Balaban J connectivity index is 1.63. The van der Waals surface area contributed by atoms with Gasteiger partial charge in [-0.25, -0.2) is 0 Å². The van der Waals surface area contributed by atoms with Gasteiger partial charge >= 0.3 is 0 Å². The van der Waals surface area contributed by atoms with Gasteiger partial charge in [0.25, 0.3) is 0 Å². The van der Waals surface area contributed by atoms with Crippen LogP contribution in [0.4, 0.5) is 0 Å². The molecule has 224 valence electrons. The van der Waals surface area contributed by atoms with E-state index in [1.165, 1.54) is 0 Å². The van der Waals surface area contributed by atoms with Gasteiger partial charge < -0.3 is 29.3 Å². The largest absolute Gasteiger partial charge is 0.396 e. The number of amides is 3. The molecule has 4 rings (SSSR count). The lowest BCUT2D eigenvalue weighted by molar-refractivity contribution is -0.153. The molecule has 4 fully saturated rings. The Morgan fingerprint density at radius 2 is 1.75 bits per heavy atom. The van der Waals surface area contributed by atoms with E-state index in [9.17, 15) is 14.4 Å². The van der Waals surface area contributed by atoms with E-state index in [-0.39, 0.29) is 24.3 Å². The van der Waals surface area contributed by atoms with E-state index in [1.54, 1.807) is 33.9 Å². The summed E-state index contributed by atoms with van der Waals surface area (Å²) in [7, 11) is 1.73. The van der Waals surface area contributed by atoms with E-state index < -0.39 is 29.1 Å². The molecule has 4 aliphatic rings. The van der Waals surface area contributed by atoms with Crippen molar-refractivity contribution in [2.45, 2.75) is 62.7 Å². The van der Waals surface area contributed by atoms with E-state index in [1.807, 2.05) is 6.92 Å². The highest BCUT2D eigenvalue weighted by molar-refractivity contribution is 5.99. The number of likely N-dealkylation sites (tertiary alicyclic amines) is 1. The van der Waals surface area contributed by atoms with Gasteiger partial charge in [0.05, 0.1) is 30.7 Å². The summed E-state index contributed by atoms with van der Waals surface area (Å²) in [6, 6.07) is -0.781. The average molecular weight is 561 g/mol. The van der Waals surface area contributed by atoms with Crippen molar-refractivity contribution < 1.29 is 29.0 Å². The highest BCUT2D eigenvalue weighted by Gasteiger charge is 2.78. The fourth-order valence-corrected chi connectivity index (χ4v) is 7.30. The number of hydrogen-bond donors (Lipinski definition) is 1. The number of ether oxygens (including phenoxy) is 2. The number of fused-ring (bicyclic) bond motifs is 1. The topological polar surface area (TPSA) is 103 Å². The number of rotatable bonds is 15. The minimum Gasteiger partial charge on any atom is -0.396 e. The maximum Gasteiger partial charge on any atom is 0.248 e. The van der Waals surface area contributed by atoms with Gasteiger partial charge in [0.1, 0.15) is 11.6 Å². The van der Waals surface area contributed by atoms with E-state index in [0.29, 0.717) is 65.2 Å². The molecule has 0 aliphatic carbocycles. The number of unbranched alkanes of at least 4 members (excludes halogenated alkanes) is 3. The van der Waals surface area contributed by atoms with Crippen molar-refractivity contribution in [3.8, 4) is 0 Å². The normalized spacial score (nSPS) is 31.3. The Kier molecular flexibility index (Phi) is 10.1. The second kappa shape index (κ2) is 13.1. The fourth-order valence-electron chi connectivity index (χ4n) is 7.30. The molecule has 2 bridgehead atoms. The van der Waals surface area contributed by atoms with Gasteiger partial charge in [0.15, 0.2) is 0 Å². The first kappa shape index (κ1) is 30.7. The lowest BCUT2D eigenvalue weighted by Gasteiger charge is -2.37. The zero-order valence-electron chi connectivity index (χ0n) is 24.4. The van der Waals surface area contributed by atoms with Gasteiger partial charge in [-0.3, -0.25) is 19.3 Å². The van der Waals surface area contributed by atoms with Crippen LogP contribution in [0.5, 0.6) is 0 Å². The monoisotopic (exact) mass is 560 g/mol. The van der Waals surface area contributed by atoms with Gasteiger partial charge in [-0.1, -0.05) is 25.0 Å². The lowest BCUT2D eigenvalue weighted by atomic mass is 9.66. The Morgan fingerprint density at radius 3 is 2.42 bits per heavy atom. The van der Waals surface area contributed by atoms with E-state index in [4.69, 9.17) is 14.6 Å². The van der Waals surface area contributed by atoms with Crippen LogP contribution in [0.25, 0.3) is 0 Å². The lowest BCUT2D eigenvalue weighted by Crippen LogP contribution is -2.57. The van der Waals surface area contributed by atoms with Crippen molar-refractivity contribution in [1.29, 1.82) is 0 Å². The van der Waals surface area contributed by atoms with Crippen molar-refractivity contribution in [3.63, 3.8) is 0 Å². The number of aliphatic hydroxyl groups is 1. The molecule has 10 heteroatoms. The molecule has 3 amide bonds. The molecule has 40 heavy (non-hydrogen) atoms. The van der Waals surface area contributed by atoms with Crippen LogP contribution in [0.3, 0.4) is 0 Å². The molecule has 5 atom stereocenters. The molecule has 10 nitrogen and oxygen atoms in total. The van der Waals surface area contributed by atoms with Crippen LogP contribution in [0.15, 0.2) is 25.3 Å². The molecule has 4 heterocycles. The zero-order chi connectivity index (χ0) is 28.9. The molecule has 0 aromatic carbocycles. The molecule has 2 unspecified atom stereocenters. The summed E-state index contributed by atoms with van der Waals surface area (Å²) in [5, 5.41) is 9.17. The smallest absolute Gasteiger partial charge is 0.248 e. The number of aliphatic hydroxyl groups excluding tert-OH is 1. The molecule has 4 aliphatic heterocycles. The van der Waals surface area contributed by atoms with Crippen LogP contribution in [0.1, 0.15) is 45.4 Å². The summed E-state index contributed by atoms with van der Waals surface area (Å²) in [5.41, 5.74) is -1.82. The van der Waals surface area contributed by atoms with Crippen molar-refractivity contribution in [2.24, 2.45) is 11.8 Å². The Bertz CT molecular complexity index is 954. The first-order valence-electron chi connectivity index (χ1n) is 14.9. The van der Waals surface area contributed by atoms with E-state index in [0.717, 1.165) is 32.4 Å². The van der Waals surface area contributed by atoms with Gasteiger partial charge in [0.2, 0.25) is 17.7 Å². The van der Waals surface area contributed by atoms with Gasteiger partial charge in [-0.05, 0) is 32.6 Å². The van der Waals surface area contributed by atoms with Gasteiger partial charge in [0, 0.05) is 59.5 Å². The van der Waals surface area contributed by atoms with Crippen LogP contribution in [0.2, 0.25) is 0 Å². The summed E-state index contributed by atoms with van der Waals surface area (Å²) in [6.45, 7) is 15.2. The summed E-state index contributed by atoms with van der Waals surface area (Å²) >= 11 is 0. The summed E-state index contributed by atoms with van der Waals surface area (Å²) in [4.78, 5) is 49.8. The van der Waals surface area contributed by atoms with Gasteiger partial charge in [-0.2, -0.15) is 0 Å². The molecule has 0 aromatic heterocycles. The van der Waals surface area contributed by atoms with Crippen LogP contribution in [-0.2, 0) is 23.9 Å². The Morgan fingerprint density at radius 1 is 1.05 bits per heavy atom. The summed E-state index contributed by atoms with van der Waals surface area (Å²) < 4.78 is 12.2. The standard InChI is InChI=1S/C30H48N4O6/c1-5-13-31(4)26(36)23-24-27(37)34(15-9-7-8-10-20-35)25(30(24)12-11-29(23,3)40-30)28(38)33(14-6-2)17-16-32-18-21-39-22-19-32/h5-6,23-25,35H,1-2,7-22H2,3-4H3/t23-,24+,25?,29+,30?/m1/s1. The molecule has 4 saturated heterocycles. The number of nitrogens with zero attached hydrogens (tertiary/aromatic N) is 4. The van der Waals surface area contributed by atoms with E-state index in [2.05, 4.69) is 18.1 Å². The second-order valence-electron chi connectivity index (χ2n) is 11.9. The van der Waals surface area contributed by atoms with Crippen LogP contribution >= 0.6 is 0 Å². The predicted molar refractivity (Wildman–Crippen MR) is 151 cm³/mol. The molecule has 0 aromatic rings. The molecule has 0 radical (unpaired) electrons. The van der Waals surface area contributed by atoms with E-state index >= 15 is 0 Å². The third kappa shape index (κ3) is 5.73. The van der Waals surface area contributed by atoms with Crippen molar-refractivity contribution in [3.05, 3.63) is 25.3 Å². The van der Waals surface area contributed by atoms with Crippen LogP contribution < -0.4 is 0 Å². The van der Waals surface area contributed by atoms with Crippen molar-refractivity contribution >= 4 is 17.7 Å². The molecular weight excluding hydrogens is 512 g/mol.